The molecule has 2 aliphatic heterocycles. The summed E-state index contributed by atoms with van der Waals surface area (Å²) in [5, 5.41) is 3.37. The minimum absolute atomic E-state index is 0.00801. The molecule has 1 unspecified atom stereocenters. The Kier molecular flexibility index (Phi) is 1.75. The fourth-order valence-corrected chi connectivity index (χ4v) is 2.62. The monoisotopic (exact) mass is 203 g/mol. The summed E-state index contributed by atoms with van der Waals surface area (Å²) in [5.74, 6) is -0.0697. The molecule has 1 saturated heterocycles. The van der Waals surface area contributed by atoms with Gasteiger partial charge in [-0.15, -0.1) is 0 Å². The number of hydrogen-bond donors (Lipinski definition) is 1. The molecule has 0 amide bonds. The van der Waals surface area contributed by atoms with Gasteiger partial charge < -0.3 is 10.1 Å². The van der Waals surface area contributed by atoms with E-state index >= 15 is 0 Å². The first-order chi connectivity index (χ1) is 7.30. The minimum Gasteiger partial charge on any atom is -0.466 e. The highest BCUT2D eigenvalue weighted by Gasteiger charge is 2.43. The third-order valence-corrected chi connectivity index (χ3v) is 3.44. The van der Waals surface area contributed by atoms with Crippen molar-refractivity contribution in [2.75, 3.05) is 18.5 Å². The molecule has 1 aromatic rings. The maximum Gasteiger partial charge on any atom is 0.306 e. The number of esters is 1. The van der Waals surface area contributed by atoms with Gasteiger partial charge in [-0.25, -0.2) is 0 Å². The fraction of sp³-hybridized carbons (Fsp3) is 0.417. The highest BCUT2D eigenvalue weighted by molar-refractivity contribution is 5.75. The number of cyclic esters (lactones) is 1. The number of carbonyl (C=O) groups is 1. The first kappa shape index (κ1) is 8.77. The van der Waals surface area contributed by atoms with Gasteiger partial charge in [-0.3, -0.25) is 4.79 Å². The maximum atomic E-state index is 11.4. The number of hydrogen-bond acceptors (Lipinski definition) is 3. The van der Waals surface area contributed by atoms with Gasteiger partial charge >= 0.3 is 5.97 Å². The average Bonchev–Trinajstić information content (AvgIpc) is 2.59. The molecule has 0 bridgehead atoms. The lowest BCUT2D eigenvalue weighted by atomic mass is 9.76. The fourth-order valence-electron chi connectivity index (χ4n) is 2.62. The molecule has 1 N–H and O–H groups in total. The predicted octanol–water partition coefficient (Wildman–Crippen LogP) is 1.69. The number of benzene rings is 1. The lowest BCUT2D eigenvalue weighted by Gasteiger charge is -2.32. The molecular formula is C12H13NO2. The lowest BCUT2D eigenvalue weighted by molar-refractivity contribution is -0.149. The zero-order valence-corrected chi connectivity index (χ0v) is 8.45. The Labute approximate surface area is 88.4 Å². The van der Waals surface area contributed by atoms with E-state index in [0.29, 0.717) is 13.0 Å². The van der Waals surface area contributed by atoms with Crippen LogP contribution in [0, 0.1) is 0 Å². The number of para-hydroxylation sites is 1. The van der Waals surface area contributed by atoms with Gasteiger partial charge in [0.1, 0.15) is 0 Å². The van der Waals surface area contributed by atoms with Crippen LogP contribution < -0.4 is 5.32 Å². The zero-order valence-electron chi connectivity index (χ0n) is 8.45. The summed E-state index contributed by atoms with van der Waals surface area (Å²) < 4.78 is 5.01. The summed E-state index contributed by atoms with van der Waals surface area (Å²) in [4.78, 5) is 11.4. The van der Waals surface area contributed by atoms with Crippen molar-refractivity contribution in [1.29, 1.82) is 0 Å². The van der Waals surface area contributed by atoms with Crippen molar-refractivity contribution in [3.63, 3.8) is 0 Å². The molecule has 78 valence electrons. The van der Waals surface area contributed by atoms with Crippen molar-refractivity contribution in [3.8, 4) is 0 Å². The minimum atomic E-state index is -0.0697. The summed E-state index contributed by atoms with van der Waals surface area (Å²) in [7, 11) is 0. The van der Waals surface area contributed by atoms with E-state index in [1.807, 2.05) is 12.1 Å². The van der Waals surface area contributed by atoms with E-state index in [2.05, 4.69) is 17.4 Å². The molecule has 1 spiro atoms. The molecule has 0 saturated carbocycles. The van der Waals surface area contributed by atoms with Crippen LogP contribution in [-0.2, 0) is 14.9 Å². The Morgan fingerprint density at radius 1 is 1.33 bits per heavy atom. The van der Waals surface area contributed by atoms with Crippen LogP contribution in [0.2, 0.25) is 0 Å². The molecule has 3 rings (SSSR count). The van der Waals surface area contributed by atoms with Gasteiger partial charge in [-0.1, -0.05) is 18.2 Å². The second-order valence-electron chi connectivity index (χ2n) is 4.33. The van der Waals surface area contributed by atoms with Crippen molar-refractivity contribution in [2.24, 2.45) is 0 Å². The number of carbonyl (C=O) groups excluding carboxylic acids is 1. The third-order valence-electron chi connectivity index (χ3n) is 3.44. The van der Waals surface area contributed by atoms with E-state index in [9.17, 15) is 4.79 Å². The number of ether oxygens (including phenoxy) is 1. The molecular weight excluding hydrogens is 190 g/mol. The van der Waals surface area contributed by atoms with Crippen molar-refractivity contribution >= 4 is 11.7 Å². The van der Waals surface area contributed by atoms with Crippen LogP contribution in [0.15, 0.2) is 24.3 Å². The second kappa shape index (κ2) is 2.99. The van der Waals surface area contributed by atoms with Crippen LogP contribution in [0.4, 0.5) is 5.69 Å². The molecule has 2 heterocycles. The molecule has 1 aromatic carbocycles. The van der Waals surface area contributed by atoms with Crippen molar-refractivity contribution < 1.29 is 9.53 Å². The van der Waals surface area contributed by atoms with E-state index in [1.54, 1.807) is 0 Å². The summed E-state index contributed by atoms with van der Waals surface area (Å²) >= 11 is 0. The summed E-state index contributed by atoms with van der Waals surface area (Å²) in [6.07, 6.45) is 1.44. The van der Waals surface area contributed by atoms with Crippen molar-refractivity contribution in [2.45, 2.75) is 18.3 Å². The quantitative estimate of drug-likeness (QED) is 0.652. The van der Waals surface area contributed by atoms with E-state index in [0.717, 1.165) is 13.0 Å². The number of fused-ring (bicyclic) bond motifs is 2. The SMILES string of the molecule is O=C1CC2(CCO1)CNc1ccccc12. The topological polar surface area (TPSA) is 38.3 Å². The molecule has 0 radical (unpaired) electrons. The van der Waals surface area contributed by atoms with Crippen LogP contribution in [0.5, 0.6) is 0 Å². The highest BCUT2D eigenvalue weighted by atomic mass is 16.5. The summed E-state index contributed by atoms with van der Waals surface area (Å²) in [6.45, 7) is 1.41. The van der Waals surface area contributed by atoms with Gasteiger partial charge in [-0.2, -0.15) is 0 Å². The molecule has 1 atom stereocenters. The van der Waals surface area contributed by atoms with Gasteiger partial charge in [0.05, 0.1) is 13.0 Å². The number of rotatable bonds is 0. The van der Waals surface area contributed by atoms with Crippen LogP contribution in [0.3, 0.4) is 0 Å². The van der Waals surface area contributed by atoms with Crippen LogP contribution >= 0.6 is 0 Å². The number of anilines is 1. The molecule has 0 aromatic heterocycles. The van der Waals surface area contributed by atoms with Crippen molar-refractivity contribution in [3.05, 3.63) is 29.8 Å². The van der Waals surface area contributed by atoms with Gasteiger partial charge in [-0.05, 0) is 18.1 Å². The second-order valence-corrected chi connectivity index (χ2v) is 4.33. The van der Waals surface area contributed by atoms with E-state index in [1.165, 1.54) is 11.3 Å². The molecule has 3 heteroatoms. The highest BCUT2D eigenvalue weighted by Crippen LogP contribution is 2.43. The Hall–Kier alpha value is -1.51. The van der Waals surface area contributed by atoms with Gasteiger partial charge in [0.15, 0.2) is 0 Å². The van der Waals surface area contributed by atoms with E-state index < -0.39 is 0 Å². The molecule has 3 nitrogen and oxygen atoms in total. The largest absolute Gasteiger partial charge is 0.466 e. The smallest absolute Gasteiger partial charge is 0.306 e. The number of nitrogens with one attached hydrogen (secondary N) is 1. The molecule has 1 fully saturated rings. The van der Waals surface area contributed by atoms with Crippen LogP contribution in [-0.4, -0.2) is 19.1 Å². The first-order valence-corrected chi connectivity index (χ1v) is 5.29. The Morgan fingerprint density at radius 3 is 3.07 bits per heavy atom. The summed E-state index contributed by atoms with van der Waals surface area (Å²) in [6, 6.07) is 8.25. The standard InChI is InChI=1S/C12H13NO2/c14-11-7-12(5-6-15-11)8-13-10-4-2-1-3-9(10)12/h1-4,13H,5-8H2. The zero-order chi connectivity index (χ0) is 10.3. The lowest BCUT2D eigenvalue weighted by Crippen LogP contribution is -2.38. The third kappa shape index (κ3) is 1.23. The predicted molar refractivity (Wildman–Crippen MR) is 56.8 cm³/mol. The normalized spacial score (nSPS) is 28.4. The molecule has 2 aliphatic rings. The van der Waals surface area contributed by atoms with Crippen LogP contribution in [0.1, 0.15) is 18.4 Å². The Balaban J connectivity index is 2.04. The van der Waals surface area contributed by atoms with Gasteiger partial charge in [0.25, 0.3) is 0 Å². The summed E-state index contributed by atoms with van der Waals surface area (Å²) in [5.41, 5.74) is 2.44. The van der Waals surface area contributed by atoms with E-state index in [4.69, 9.17) is 4.74 Å². The van der Waals surface area contributed by atoms with E-state index in [-0.39, 0.29) is 11.4 Å². The van der Waals surface area contributed by atoms with Crippen LogP contribution in [0.25, 0.3) is 0 Å². The van der Waals surface area contributed by atoms with Gasteiger partial charge in [0, 0.05) is 17.6 Å². The average molecular weight is 203 g/mol. The molecule has 0 aliphatic carbocycles. The Morgan fingerprint density at radius 2 is 2.20 bits per heavy atom. The Bertz CT molecular complexity index is 412. The van der Waals surface area contributed by atoms with Crippen molar-refractivity contribution in [1.82, 2.24) is 0 Å². The maximum absolute atomic E-state index is 11.4. The van der Waals surface area contributed by atoms with Gasteiger partial charge in [0.2, 0.25) is 0 Å². The molecule has 15 heavy (non-hydrogen) atoms. The first-order valence-electron chi connectivity index (χ1n) is 5.29.